The first kappa shape index (κ1) is 73.7. The molecule has 0 saturated carbocycles. The van der Waals surface area contributed by atoms with E-state index in [1.54, 1.807) is 0 Å². The Morgan fingerprint density at radius 2 is 0.870 bits per heavy atom. The van der Waals surface area contributed by atoms with Crippen LogP contribution in [0.1, 0.15) is 252 Å². The van der Waals surface area contributed by atoms with E-state index in [0.717, 1.165) is 135 Å². The Balaban J connectivity index is 5.34. The zero-order valence-corrected chi connectivity index (χ0v) is 51.3. The molecular weight excluding hydrogens is 976 g/mol. The third-order valence-corrected chi connectivity index (χ3v) is 14.2. The highest BCUT2D eigenvalue weighted by molar-refractivity contribution is 7.47. The molecule has 0 aliphatic rings. The number of phosphoric ester groups is 1. The smallest absolute Gasteiger partial charge is 0.456 e. The van der Waals surface area contributed by atoms with E-state index in [1.807, 2.05) is 33.3 Å². The Labute approximate surface area is 474 Å². The van der Waals surface area contributed by atoms with Crippen molar-refractivity contribution in [1.29, 1.82) is 0 Å². The van der Waals surface area contributed by atoms with Gasteiger partial charge in [0.15, 0.2) is 0 Å². The third kappa shape index (κ3) is 57.2. The van der Waals surface area contributed by atoms with Crippen molar-refractivity contribution in [2.75, 3.05) is 40.9 Å². The summed E-state index contributed by atoms with van der Waals surface area (Å²) in [5.74, 6) is -0.553. The zero-order chi connectivity index (χ0) is 56.4. The SMILES string of the molecule is CC/C=C\C/C=C\C/C=C\C/C=C\C/C=C\C/C=C\CCCCCCC(=O)OC(/C=C\CCCCCCCCCCCCC)C(COP(=O)(O)OCC[N+](C)(C)C)NC(=O)CCCCCCCC/C=C/C=C/CCCCC. The van der Waals surface area contributed by atoms with Crippen LogP contribution in [-0.4, -0.2) is 74.3 Å². The quantitative estimate of drug-likeness (QED) is 0.0156. The fourth-order valence-electron chi connectivity index (χ4n) is 8.40. The maximum Gasteiger partial charge on any atom is 0.472 e. The fraction of sp³-hybridized carbons (Fsp3) is 0.701. The van der Waals surface area contributed by atoms with Crippen LogP contribution in [-0.2, 0) is 27.9 Å². The zero-order valence-electron chi connectivity index (χ0n) is 50.4. The summed E-state index contributed by atoms with van der Waals surface area (Å²) in [5, 5.41) is 3.04. The molecule has 0 saturated heterocycles. The van der Waals surface area contributed by atoms with E-state index in [9.17, 15) is 19.0 Å². The second-order valence-corrected chi connectivity index (χ2v) is 23.3. The van der Waals surface area contributed by atoms with E-state index in [0.29, 0.717) is 23.9 Å². The molecule has 1 amide bonds. The van der Waals surface area contributed by atoms with Crippen molar-refractivity contribution in [3.63, 3.8) is 0 Å². The minimum Gasteiger partial charge on any atom is -0.456 e. The number of unbranched alkanes of at least 4 members (excludes halogenated alkanes) is 24. The van der Waals surface area contributed by atoms with Crippen LogP contribution in [0.25, 0.3) is 0 Å². The predicted octanol–water partition coefficient (Wildman–Crippen LogP) is 19.3. The van der Waals surface area contributed by atoms with Gasteiger partial charge in [-0.1, -0.05) is 240 Å². The largest absolute Gasteiger partial charge is 0.472 e. The average Bonchev–Trinajstić information content (AvgIpc) is 3.39. The van der Waals surface area contributed by atoms with Gasteiger partial charge in [0.25, 0.3) is 0 Å². The summed E-state index contributed by atoms with van der Waals surface area (Å²) in [6.07, 6.45) is 76.5. The van der Waals surface area contributed by atoms with Gasteiger partial charge in [-0.15, -0.1) is 0 Å². The first-order chi connectivity index (χ1) is 37.4. The van der Waals surface area contributed by atoms with E-state index >= 15 is 0 Å². The summed E-state index contributed by atoms with van der Waals surface area (Å²) in [6.45, 7) is 6.83. The lowest BCUT2D eigenvalue weighted by Gasteiger charge is -2.27. The average molecular weight is 1090 g/mol. The second kappa shape index (κ2) is 56.0. The molecule has 77 heavy (non-hydrogen) atoms. The summed E-state index contributed by atoms with van der Waals surface area (Å²) >= 11 is 0. The van der Waals surface area contributed by atoms with E-state index in [-0.39, 0.29) is 31.5 Å². The highest BCUT2D eigenvalue weighted by Crippen LogP contribution is 2.43. The highest BCUT2D eigenvalue weighted by Gasteiger charge is 2.30. The van der Waals surface area contributed by atoms with Crippen molar-refractivity contribution >= 4 is 19.7 Å². The molecule has 0 aliphatic carbocycles. The molecule has 0 heterocycles. The number of rotatable bonds is 55. The second-order valence-electron chi connectivity index (χ2n) is 21.9. The molecule has 0 aromatic carbocycles. The minimum absolute atomic E-state index is 0.0280. The van der Waals surface area contributed by atoms with Gasteiger partial charge in [-0.05, 0) is 109 Å². The summed E-state index contributed by atoms with van der Waals surface area (Å²) in [4.78, 5) is 37.7. The number of esters is 1. The maximum atomic E-state index is 13.5. The first-order valence-electron chi connectivity index (χ1n) is 31.2. The van der Waals surface area contributed by atoms with Crippen LogP contribution in [0.2, 0.25) is 0 Å². The molecular formula is C67H118N2O7P+. The van der Waals surface area contributed by atoms with Crippen LogP contribution >= 0.6 is 7.82 Å². The molecule has 442 valence electrons. The van der Waals surface area contributed by atoms with Crippen molar-refractivity contribution < 1.29 is 37.3 Å². The summed E-state index contributed by atoms with van der Waals surface area (Å²) < 4.78 is 30.7. The Hall–Kier alpha value is -3.33. The molecule has 0 aliphatic heterocycles. The lowest BCUT2D eigenvalue weighted by Crippen LogP contribution is -2.47. The van der Waals surface area contributed by atoms with Gasteiger partial charge in [-0.25, -0.2) is 4.57 Å². The number of hydrogen-bond donors (Lipinski definition) is 2. The van der Waals surface area contributed by atoms with Crippen molar-refractivity contribution in [3.05, 3.63) is 109 Å². The van der Waals surface area contributed by atoms with Gasteiger partial charge in [0.05, 0.1) is 33.8 Å². The number of nitrogens with zero attached hydrogens (tertiary/aromatic N) is 1. The fourth-order valence-corrected chi connectivity index (χ4v) is 9.14. The van der Waals surface area contributed by atoms with E-state index in [1.165, 1.54) is 77.0 Å². The van der Waals surface area contributed by atoms with Crippen molar-refractivity contribution in [2.24, 2.45) is 0 Å². The van der Waals surface area contributed by atoms with E-state index in [4.69, 9.17) is 13.8 Å². The molecule has 3 unspecified atom stereocenters. The number of carbonyl (C=O) groups is 2. The van der Waals surface area contributed by atoms with Crippen molar-refractivity contribution in [3.8, 4) is 0 Å². The Morgan fingerprint density at radius 1 is 0.481 bits per heavy atom. The van der Waals surface area contributed by atoms with Crippen LogP contribution in [0.15, 0.2) is 109 Å². The van der Waals surface area contributed by atoms with Crippen molar-refractivity contribution in [2.45, 2.75) is 264 Å². The molecule has 0 aromatic heterocycles. The standard InChI is InChI=1S/C67H117N2O7P/c1-7-10-13-16-19-22-25-28-30-31-32-33-34-35-36-37-39-42-45-48-51-54-57-60-67(71)76-65(58-55-52-49-46-43-40-27-24-21-18-15-12-9-3)64(63-75-77(72,73)74-62-61-69(4,5)6)68-66(70)59-56-53-50-47-44-41-38-29-26-23-20-17-14-11-8-2/h10,13,19-20,22-23,26,28-30,32-33,35-36,39,42,55,58,64-65H,7-9,11-12,14-18,21,24-25,27,31,34,37-38,40-41,43-54,56-57,59-63H2,1-6H3,(H-,68,70,72,73)/p+1/b13-10-,22-19-,23-20+,29-26+,30-28-,33-32-,36-35-,42-39-,58-55-. The van der Waals surface area contributed by atoms with Crippen molar-refractivity contribution in [1.82, 2.24) is 5.32 Å². The Kier molecular flexibility index (Phi) is 53.5. The van der Waals surface area contributed by atoms with Gasteiger partial charge in [0.2, 0.25) is 5.91 Å². The van der Waals surface area contributed by atoms with Gasteiger partial charge in [0, 0.05) is 12.8 Å². The number of ether oxygens (including phenoxy) is 1. The minimum atomic E-state index is -4.46. The van der Waals surface area contributed by atoms with E-state index in [2.05, 4.69) is 123 Å². The predicted molar refractivity (Wildman–Crippen MR) is 332 cm³/mol. The summed E-state index contributed by atoms with van der Waals surface area (Å²) in [7, 11) is 1.46. The monoisotopic (exact) mass is 1090 g/mol. The summed E-state index contributed by atoms with van der Waals surface area (Å²) in [5.41, 5.74) is 0. The number of hydrogen-bond acceptors (Lipinski definition) is 6. The highest BCUT2D eigenvalue weighted by atomic mass is 31.2. The number of amides is 1. The molecule has 0 fully saturated rings. The number of nitrogens with one attached hydrogen (secondary N) is 1. The number of phosphoric acid groups is 1. The van der Waals surface area contributed by atoms with Gasteiger partial charge >= 0.3 is 13.8 Å². The molecule has 2 N–H and O–H groups in total. The normalized spacial score (nSPS) is 14.4. The van der Waals surface area contributed by atoms with Gasteiger partial charge in [0.1, 0.15) is 19.3 Å². The van der Waals surface area contributed by atoms with Crippen LogP contribution < -0.4 is 5.32 Å². The van der Waals surface area contributed by atoms with E-state index < -0.39 is 20.0 Å². The van der Waals surface area contributed by atoms with Gasteiger partial charge in [-0.2, -0.15) is 0 Å². The number of likely N-dealkylation sites (N-methyl/N-ethyl adjacent to an activating group) is 1. The molecule has 0 spiro atoms. The first-order valence-corrected chi connectivity index (χ1v) is 32.7. The molecule has 0 aromatic rings. The molecule has 3 atom stereocenters. The van der Waals surface area contributed by atoms with Gasteiger partial charge < -0.3 is 19.4 Å². The van der Waals surface area contributed by atoms with Crippen LogP contribution in [0.4, 0.5) is 0 Å². The molecule has 0 radical (unpaired) electrons. The lowest BCUT2D eigenvalue weighted by atomic mass is 10.0. The number of carbonyl (C=O) groups excluding carboxylic acids is 2. The Bertz CT molecular complexity index is 1690. The summed E-state index contributed by atoms with van der Waals surface area (Å²) in [6, 6.07) is -0.872. The number of allylic oxidation sites excluding steroid dienone is 17. The lowest BCUT2D eigenvalue weighted by molar-refractivity contribution is -0.870. The third-order valence-electron chi connectivity index (χ3n) is 13.2. The number of quaternary nitrogens is 1. The van der Waals surface area contributed by atoms with Gasteiger partial charge in [-0.3, -0.25) is 18.6 Å². The topological polar surface area (TPSA) is 111 Å². The molecule has 10 heteroatoms. The molecule has 0 bridgehead atoms. The maximum absolute atomic E-state index is 13.5. The van der Waals surface area contributed by atoms with Crippen LogP contribution in [0.5, 0.6) is 0 Å². The van der Waals surface area contributed by atoms with Crippen LogP contribution in [0.3, 0.4) is 0 Å². The Morgan fingerprint density at radius 3 is 1.35 bits per heavy atom. The van der Waals surface area contributed by atoms with Crippen LogP contribution in [0, 0.1) is 0 Å². The molecule has 9 nitrogen and oxygen atoms in total. The molecule has 0 rings (SSSR count).